The van der Waals surface area contributed by atoms with Crippen LogP contribution in [0.4, 0.5) is 5.69 Å². The van der Waals surface area contributed by atoms with Gasteiger partial charge in [0.2, 0.25) is 0 Å². The van der Waals surface area contributed by atoms with Gasteiger partial charge in [-0.3, -0.25) is 4.79 Å². The number of hydrogen-bond donors (Lipinski definition) is 1. The van der Waals surface area contributed by atoms with E-state index in [0.29, 0.717) is 25.7 Å². The predicted molar refractivity (Wildman–Crippen MR) is 94.5 cm³/mol. The highest BCUT2D eigenvalue weighted by atomic mass is 35.5. The number of nitrogens with zero attached hydrogens (tertiary/aromatic N) is 2. The smallest absolute Gasteiger partial charge is 0.253 e. The summed E-state index contributed by atoms with van der Waals surface area (Å²) < 4.78 is 5.66. The van der Waals surface area contributed by atoms with Crippen molar-refractivity contribution in [3.8, 4) is 0 Å². The number of hydrogen-bond acceptors (Lipinski definition) is 4. The molecule has 2 unspecified atom stereocenters. The van der Waals surface area contributed by atoms with Crippen LogP contribution in [0, 0.1) is 0 Å². The summed E-state index contributed by atoms with van der Waals surface area (Å²) in [5, 5.41) is 3.30. The summed E-state index contributed by atoms with van der Waals surface area (Å²) in [5.41, 5.74) is 3.54. The van der Waals surface area contributed by atoms with Gasteiger partial charge in [-0.15, -0.1) is 11.6 Å². The number of morpholine rings is 1. The summed E-state index contributed by atoms with van der Waals surface area (Å²) >= 11 is 6.38. The lowest BCUT2D eigenvalue weighted by Gasteiger charge is -2.30. The Morgan fingerprint density at radius 2 is 2.29 bits per heavy atom. The minimum atomic E-state index is -0.344. The fourth-order valence-corrected chi connectivity index (χ4v) is 3.99. The Morgan fingerprint density at radius 1 is 1.46 bits per heavy atom. The van der Waals surface area contributed by atoms with Crippen LogP contribution >= 0.6 is 11.6 Å². The monoisotopic (exact) mass is 349 g/mol. The van der Waals surface area contributed by atoms with Crippen molar-refractivity contribution in [3.63, 3.8) is 0 Å². The zero-order valence-corrected chi connectivity index (χ0v) is 14.8. The Balaban J connectivity index is 1.51. The highest BCUT2D eigenvalue weighted by molar-refractivity contribution is 6.22. The standard InChI is InChI=1S/C18H24ClN3O2/c1-21-11-15(19)14-5-2-12(8-16(14)21)10-22(13-3-4-13)18(23)17-9-20-6-7-24-17/h2,5,8,13,15,17,20H,3-4,6-7,9-11H2,1H3. The van der Waals surface area contributed by atoms with Gasteiger partial charge in [-0.05, 0) is 30.0 Å². The second kappa shape index (κ2) is 6.54. The molecule has 1 aliphatic carbocycles. The van der Waals surface area contributed by atoms with Crippen molar-refractivity contribution in [1.82, 2.24) is 10.2 Å². The number of fused-ring (bicyclic) bond motifs is 1. The van der Waals surface area contributed by atoms with E-state index in [1.807, 2.05) is 4.90 Å². The number of carbonyl (C=O) groups is 1. The van der Waals surface area contributed by atoms with Gasteiger partial charge >= 0.3 is 0 Å². The van der Waals surface area contributed by atoms with Crippen molar-refractivity contribution in [3.05, 3.63) is 29.3 Å². The molecule has 3 aliphatic rings. The van der Waals surface area contributed by atoms with Crippen LogP contribution < -0.4 is 10.2 Å². The van der Waals surface area contributed by atoms with Gasteiger partial charge in [-0.25, -0.2) is 0 Å². The zero-order valence-electron chi connectivity index (χ0n) is 14.0. The van der Waals surface area contributed by atoms with Gasteiger partial charge in [-0.1, -0.05) is 12.1 Å². The molecule has 2 heterocycles. The van der Waals surface area contributed by atoms with Gasteiger partial charge in [0.05, 0.1) is 12.0 Å². The quantitative estimate of drug-likeness (QED) is 0.843. The van der Waals surface area contributed by atoms with Crippen molar-refractivity contribution < 1.29 is 9.53 Å². The van der Waals surface area contributed by atoms with E-state index in [9.17, 15) is 4.79 Å². The lowest BCUT2D eigenvalue weighted by atomic mass is 10.1. The maximum atomic E-state index is 12.9. The van der Waals surface area contributed by atoms with E-state index in [4.69, 9.17) is 16.3 Å². The normalized spacial score (nSPS) is 26.3. The van der Waals surface area contributed by atoms with Crippen LogP contribution in [-0.4, -0.2) is 56.2 Å². The Kier molecular flexibility index (Phi) is 4.41. The molecule has 0 spiro atoms. The molecular weight excluding hydrogens is 326 g/mol. The van der Waals surface area contributed by atoms with Crippen LogP contribution in [0.25, 0.3) is 0 Å². The lowest BCUT2D eigenvalue weighted by molar-refractivity contribution is -0.146. The van der Waals surface area contributed by atoms with Gasteiger partial charge in [-0.2, -0.15) is 0 Å². The minimum absolute atomic E-state index is 0.0573. The van der Waals surface area contributed by atoms with Crippen LogP contribution in [0.3, 0.4) is 0 Å². The molecular formula is C18H24ClN3O2. The number of nitrogens with one attached hydrogen (secondary N) is 1. The van der Waals surface area contributed by atoms with E-state index in [-0.39, 0.29) is 17.4 Å². The van der Waals surface area contributed by atoms with Crippen molar-refractivity contribution in [2.24, 2.45) is 0 Å². The third-order valence-electron chi connectivity index (χ3n) is 5.10. The summed E-state index contributed by atoms with van der Waals surface area (Å²) in [6, 6.07) is 6.77. The molecule has 1 saturated carbocycles. The molecule has 130 valence electrons. The molecule has 1 N–H and O–H groups in total. The van der Waals surface area contributed by atoms with E-state index in [2.05, 4.69) is 35.5 Å². The van der Waals surface area contributed by atoms with Crippen molar-refractivity contribution >= 4 is 23.2 Å². The molecule has 4 rings (SSSR count). The number of ether oxygens (including phenoxy) is 1. The highest BCUT2D eigenvalue weighted by Crippen LogP contribution is 2.39. The zero-order chi connectivity index (χ0) is 16.7. The number of halogens is 1. The maximum absolute atomic E-state index is 12.9. The first-order valence-corrected chi connectivity index (χ1v) is 9.18. The van der Waals surface area contributed by atoms with Gasteiger partial charge in [0, 0.05) is 45.0 Å². The summed E-state index contributed by atoms with van der Waals surface area (Å²) in [4.78, 5) is 17.1. The largest absolute Gasteiger partial charge is 0.372 e. The molecule has 0 bridgehead atoms. The van der Waals surface area contributed by atoms with Gasteiger partial charge in [0.1, 0.15) is 6.10 Å². The van der Waals surface area contributed by atoms with Crippen LogP contribution in [0.5, 0.6) is 0 Å². The number of carbonyl (C=O) groups excluding carboxylic acids is 1. The summed E-state index contributed by atoms with van der Waals surface area (Å²) in [6.45, 7) is 3.53. The fourth-order valence-electron chi connectivity index (χ4n) is 3.60. The number of benzene rings is 1. The van der Waals surface area contributed by atoms with Crippen LogP contribution in [0.1, 0.15) is 29.3 Å². The first-order chi connectivity index (χ1) is 11.6. The average Bonchev–Trinajstić information content (AvgIpc) is 3.40. The number of likely N-dealkylation sites (N-methyl/N-ethyl adjacent to an activating group) is 1. The molecule has 2 aliphatic heterocycles. The molecule has 5 nitrogen and oxygen atoms in total. The molecule has 0 radical (unpaired) electrons. The molecule has 1 amide bonds. The van der Waals surface area contributed by atoms with Gasteiger partial charge in [0.15, 0.2) is 0 Å². The molecule has 1 saturated heterocycles. The average molecular weight is 350 g/mol. The molecule has 0 aromatic heterocycles. The second-order valence-electron chi connectivity index (χ2n) is 7.00. The number of amides is 1. The van der Waals surface area contributed by atoms with E-state index >= 15 is 0 Å². The molecule has 1 aromatic carbocycles. The van der Waals surface area contributed by atoms with Crippen molar-refractivity contribution in [2.75, 3.05) is 38.2 Å². The van der Waals surface area contributed by atoms with E-state index < -0.39 is 0 Å². The minimum Gasteiger partial charge on any atom is -0.372 e. The highest BCUT2D eigenvalue weighted by Gasteiger charge is 2.37. The predicted octanol–water partition coefficient (Wildman–Crippen LogP) is 1.90. The third-order valence-corrected chi connectivity index (χ3v) is 5.48. The van der Waals surface area contributed by atoms with Crippen molar-refractivity contribution in [2.45, 2.75) is 36.9 Å². The maximum Gasteiger partial charge on any atom is 0.253 e. The Labute approximate surface area is 147 Å². The third kappa shape index (κ3) is 3.13. The fraction of sp³-hybridized carbons (Fsp3) is 0.611. The van der Waals surface area contributed by atoms with Gasteiger partial charge < -0.3 is 19.9 Å². The Morgan fingerprint density at radius 3 is 3.00 bits per heavy atom. The topological polar surface area (TPSA) is 44.8 Å². The number of rotatable bonds is 4. The van der Waals surface area contributed by atoms with Gasteiger partial charge in [0.25, 0.3) is 5.91 Å². The van der Waals surface area contributed by atoms with E-state index in [1.54, 1.807) is 0 Å². The Hall–Kier alpha value is -1.30. The van der Waals surface area contributed by atoms with E-state index in [1.165, 1.54) is 11.3 Å². The van der Waals surface area contributed by atoms with Crippen molar-refractivity contribution in [1.29, 1.82) is 0 Å². The van der Waals surface area contributed by atoms with Crippen LogP contribution in [-0.2, 0) is 16.1 Å². The molecule has 24 heavy (non-hydrogen) atoms. The lowest BCUT2D eigenvalue weighted by Crippen LogP contribution is -2.49. The number of anilines is 1. The number of alkyl halides is 1. The molecule has 1 aromatic rings. The summed E-state index contributed by atoms with van der Waals surface area (Å²) in [6.07, 6.45) is 1.85. The van der Waals surface area contributed by atoms with Crippen LogP contribution in [0.15, 0.2) is 18.2 Å². The SMILES string of the molecule is CN1CC(Cl)c2ccc(CN(C(=O)C3CNCCO3)C3CC3)cc21. The molecule has 2 fully saturated rings. The summed E-state index contributed by atoms with van der Waals surface area (Å²) in [5.74, 6) is 0.119. The van der Waals surface area contributed by atoms with Crippen LogP contribution in [0.2, 0.25) is 0 Å². The first-order valence-electron chi connectivity index (χ1n) is 8.74. The second-order valence-corrected chi connectivity index (χ2v) is 7.53. The van der Waals surface area contributed by atoms with E-state index in [0.717, 1.165) is 31.5 Å². The summed E-state index contributed by atoms with van der Waals surface area (Å²) in [7, 11) is 2.07. The first kappa shape index (κ1) is 16.2. The Bertz CT molecular complexity index is 629. The molecule has 2 atom stereocenters. The molecule has 6 heteroatoms.